The number of carbonyl (C=O) groups excluding carboxylic acids is 2. The van der Waals surface area contributed by atoms with Crippen molar-refractivity contribution in [1.29, 1.82) is 0 Å². The van der Waals surface area contributed by atoms with Crippen LogP contribution in [0.1, 0.15) is 37.5 Å². The molecule has 0 aliphatic carbocycles. The highest BCUT2D eigenvalue weighted by molar-refractivity contribution is 7.92. The molecule has 0 aliphatic rings. The van der Waals surface area contributed by atoms with Crippen LogP contribution in [0.4, 0.5) is 5.69 Å². The molecule has 236 valence electrons. The van der Waals surface area contributed by atoms with Crippen molar-refractivity contribution in [2.24, 2.45) is 0 Å². The molecule has 0 saturated carbocycles. The van der Waals surface area contributed by atoms with Crippen LogP contribution in [0.5, 0.6) is 0 Å². The molecule has 45 heavy (non-hydrogen) atoms. The van der Waals surface area contributed by atoms with Crippen molar-refractivity contribution in [2.75, 3.05) is 10.8 Å². The lowest BCUT2D eigenvalue weighted by Crippen LogP contribution is -2.56. The Balaban J connectivity index is 1.84. The Hall–Kier alpha value is -3.85. The van der Waals surface area contributed by atoms with Gasteiger partial charge in [-0.2, -0.15) is 0 Å². The van der Waals surface area contributed by atoms with Crippen LogP contribution in [0.25, 0.3) is 0 Å². The highest BCUT2D eigenvalue weighted by Crippen LogP contribution is 2.30. The van der Waals surface area contributed by atoms with Crippen molar-refractivity contribution < 1.29 is 18.0 Å². The first-order chi connectivity index (χ1) is 21.2. The van der Waals surface area contributed by atoms with Crippen molar-refractivity contribution in [2.45, 2.75) is 57.1 Å². The molecule has 1 N–H and O–H groups in total. The second-order valence-electron chi connectivity index (χ2n) is 11.8. The van der Waals surface area contributed by atoms with E-state index in [-0.39, 0.29) is 39.5 Å². The molecule has 7 nitrogen and oxygen atoms in total. The van der Waals surface area contributed by atoms with Crippen LogP contribution < -0.4 is 9.62 Å². The minimum atomic E-state index is -4.26. The monoisotopic (exact) mass is 665 g/mol. The molecular weight excluding hydrogens is 629 g/mol. The molecule has 4 aromatic rings. The molecule has 0 radical (unpaired) electrons. The van der Waals surface area contributed by atoms with E-state index in [4.69, 9.17) is 23.2 Å². The van der Waals surface area contributed by atoms with Crippen LogP contribution in [-0.4, -0.2) is 43.3 Å². The molecule has 0 bridgehead atoms. The van der Waals surface area contributed by atoms with Crippen molar-refractivity contribution in [1.82, 2.24) is 10.2 Å². The van der Waals surface area contributed by atoms with Crippen LogP contribution >= 0.6 is 23.2 Å². The van der Waals surface area contributed by atoms with Gasteiger partial charge in [-0.25, -0.2) is 8.42 Å². The summed E-state index contributed by atoms with van der Waals surface area (Å²) >= 11 is 12.6. The van der Waals surface area contributed by atoms with Gasteiger partial charge in [0.1, 0.15) is 12.6 Å². The van der Waals surface area contributed by atoms with Crippen molar-refractivity contribution in [3.63, 3.8) is 0 Å². The predicted octanol–water partition coefficient (Wildman–Crippen LogP) is 7.05. The van der Waals surface area contributed by atoms with Crippen LogP contribution in [0.15, 0.2) is 108 Å². The summed E-state index contributed by atoms with van der Waals surface area (Å²) in [5.74, 6) is -0.921. The number of amides is 2. The lowest BCUT2D eigenvalue weighted by atomic mass is 10.00. The number of rotatable bonds is 11. The Morgan fingerprint density at radius 2 is 1.38 bits per heavy atom. The van der Waals surface area contributed by atoms with Gasteiger partial charge >= 0.3 is 0 Å². The Kier molecular flexibility index (Phi) is 11.0. The zero-order chi connectivity index (χ0) is 32.8. The first-order valence-corrected chi connectivity index (χ1v) is 16.7. The summed E-state index contributed by atoms with van der Waals surface area (Å²) < 4.78 is 29.2. The first kappa shape index (κ1) is 34.0. The minimum Gasteiger partial charge on any atom is -0.350 e. The summed E-state index contributed by atoms with van der Waals surface area (Å²) in [5, 5.41) is 3.45. The topological polar surface area (TPSA) is 86.8 Å². The molecule has 1 atom stereocenters. The fraction of sp³-hybridized carbons (Fsp3) is 0.257. The van der Waals surface area contributed by atoms with Crippen LogP contribution in [0, 0.1) is 6.92 Å². The molecule has 4 aromatic carbocycles. The maximum Gasteiger partial charge on any atom is 0.264 e. The zero-order valence-corrected chi connectivity index (χ0v) is 28.0. The van der Waals surface area contributed by atoms with Crippen LogP contribution in [0.3, 0.4) is 0 Å². The standard InChI is InChI=1S/C35H37Cl2N3O4S/c1-25-13-11-12-16-27(25)23-39(32(34(42)38-35(2,3)4)19-26-14-7-5-8-15-26)33(41)24-40(30-21-28(36)20-29(37)22-30)45(43,44)31-17-9-6-10-18-31/h5-18,20-22,32H,19,23-24H2,1-4H3,(H,38,42)/t32-/m0/s1. The van der Waals surface area contributed by atoms with Gasteiger partial charge in [0.2, 0.25) is 11.8 Å². The molecule has 4 rings (SSSR count). The number of aryl methyl sites for hydroxylation is 1. The SMILES string of the molecule is Cc1ccccc1CN(C(=O)CN(c1cc(Cl)cc(Cl)c1)S(=O)(=O)c1ccccc1)[C@@H](Cc1ccccc1)C(=O)NC(C)(C)C. The van der Waals surface area contributed by atoms with E-state index >= 15 is 0 Å². The van der Waals surface area contributed by atoms with E-state index in [1.807, 2.05) is 82.3 Å². The molecular formula is C35H37Cl2N3O4S. The third-order valence-electron chi connectivity index (χ3n) is 7.12. The average molecular weight is 667 g/mol. The molecule has 0 saturated heterocycles. The van der Waals surface area contributed by atoms with Gasteiger partial charge < -0.3 is 10.2 Å². The summed E-state index contributed by atoms with van der Waals surface area (Å²) in [4.78, 5) is 30.0. The van der Waals surface area contributed by atoms with Gasteiger partial charge in [-0.15, -0.1) is 0 Å². The maximum atomic E-state index is 14.6. The Morgan fingerprint density at radius 3 is 1.96 bits per heavy atom. The van der Waals surface area contributed by atoms with Gasteiger partial charge in [0.05, 0.1) is 10.6 Å². The smallest absolute Gasteiger partial charge is 0.264 e. The highest BCUT2D eigenvalue weighted by atomic mass is 35.5. The molecule has 0 fully saturated rings. The summed E-state index contributed by atoms with van der Waals surface area (Å²) in [5.41, 5.74) is 2.16. The number of hydrogen-bond donors (Lipinski definition) is 1. The van der Waals surface area contributed by atoms with Gasteiger partial charge in [0.25, 0.3) is 10.0 Å². The van der Waals surface area contributed by atoms with E-state index in [2.05, 4.69) is 5.32 Å². The number of halogens is 2. The Bertz CT molecular complexity index is 1720. The minimum absolute atomic E-state index is 0.00865. The van der Waals surface area contributed by atoms with Gasteiger partial charge in [0, 0.05) is 28.5 Å². The largest absolute Gasteiger partial charge is 0.350 e. The fourth-order valence-electron chi connectivity index (χ4n) is 4.91. The van der Waals surface area contributed by atoms with Crippen LogP contribution in [0.2, 0.25) is 10.0 Å². The summed E-state index contributed by atoms with van der Waals surface area (Å²) in [6.07, 6.45) is 0.217. The predicted molar refractivity (Wildman–Crippen MR) is 181 cm³/mol. The van der Waals surface area contributed by atoms with Gasteiger partial charge in [-0.1, -0.05) is 96.0 Å². The fourth-order valence-corrected chi connectivity index (χ4v) is 6.84. The maximum absolute atomic E-state index is 14.6. The van der Waals surface area contributed by atoms with Crippen molar-refractivity contribution in [3.8, 4) is 0 Å². The first-order valence-electron chi connectivity index (χ1n) is 14.5. The van der Waals surface area contributed by atoms with Gasteiger partial charge in [-0.05, 0) is 74.7 Å². The summed E-state index contributed by atoms with van der Waals surface area (Å²) in [7, 11) is -4.26. The zero-order valence-electron chi connectivity index (χ0n) is 25.7. The van der Waals surface area contributed by atoms with Crippen molar-refractivity contribution in [3.05, 3.63) is 130 Å². The molecule has 10 heteroatoms. The van der Waals surface area contributed by atoms with E-state index in [1.54, 1.807) is 18.2 Å². The lowest BCUT2D eigenvalue weighted by Gasteiger charge is -2.35. The molecule has 0 aliphatic heterocycles. The van der Waals surface area contributed by atoms with Crippen LogP contribution in [-0.2, 0) is 32.6 Å². The number of benzene rings is 4. The molecule has 2 amide bonds. The second-order valence-corrected chi connectivity index (χ2v) is 14.6. The Morgan fingerprint density at radius 1 is 0.822 bits per heavy atom. The van der Waals surface area contributed by atoms with E-state index in [1.165, 1.54) is 35.2 Å². The number of anilines is 1. The molecule has 0 unspecified atom stereocenters. The van der Waals surface area contributed by atoms with E-state index in [9.17, 15) is 18.0 Å². The molecule has 0 spiro atoms. The van der Waals surface area contributed by atoms with Crippen molar-refractivity contribution >= 4 is 50.7 Å². The normalized spacial score (nSPS) is 12.3. The number of carbonyl (C=O) groups is 2. The van der Waals surface area contributed by atoms with E-state index < -0.39 is 34.1 Å². The Labute approximate surface area is 275 Å². The highest BCUT2D eigenvalue weighted by Gasteiger charge is 2.36. The number of sulfonamides is 1. The molecule has 0 heterocycles. The quantitative estimate of drug-likeness (QED) is 0.186. The number of nitrogens with one attached hydrogen (secondary N) is 1. The second kappa shape index (κ2) is 14.5. The van der Waals surface area contributed by atoms with Gasteiger partial charge in [0.15, 0.2) is 0 Å². The third kappa shape index (κ3) is 9.10. The third-order valence-corrected chi connectivity index (χ3v) is 9.34. The van der Waals surface area contributed by atoms with Gasteiger partial charge in [-0.3, -0.25) is 13.9 Å². The number of hydrogen-bond acceptors (Lipinski definition) is 4. The molecule has 0 aromatic heterocycles. The van der Waals surface area contributed by atoms with E-state index in [0.717, 1.165) is 21.0 Å². The lowest BCUT2D eigenvalue weighted by molar-refractivity contribution is -0.140. The van der Waals surface area contributed by atoms with E-state index in [0.29, 0.717) is 0 Å². The number of nitrogens with zero attached hydrogens (tertiary/aromatic N) is 2. The average Bonchev–Trinajstić information content (AvgIpc) is 2.98. The summed E-state index contributed by atoms with van der Waals surface area (Å²) in [6.45, 7) is 7.02. The summed E-state index contributed by atoms with van der Waals surface area (Å²) in [6, 6.07) is 28.3.